The van der Waals surface area contributed by atoms with Crippen LogP contribution in [0.15, 0.2) is 0 Å². The zero-order valence-corrected chi connectivity index (χ0v) is 13.4. The van der Waals surface area contributed by atoms with Crippen LogP contribution in [-0.2, 0) is 19.5 Å². The Balaban J connectivity index is 0. The fourth-order valence-corrected chi connectivity index (χ4v) is 2.15. The molecule has 0 spiro atoms. The van der Waals surface area contributed by atoms with E-state index in [2.05, 4.69) is 0 Å². The monoisotopic (exact) mass is 288 g/mol. The van der Waals surface area contributed by atoms with Crippen LogP contribution in [0.4, 0.5) is 0 Å². The molecule has 7 heteroatoms. The molecule has 2 unspecified atom stereocenters. The summed E-state index contributed by atoms with van der Waals surface area (Å²) in [4.78, 5) is 11.4. The van der Waals surface area contributed by atoms with Crippen LogP contribution in [0.1, 0.15) is 0 Å². The Labute approximate surface area is 104 Å². The van der Waals surface area contributed by atoms with Gasteiger partial charge in [0.2, 0.25) is 0 Å². The van der Waals surface area contributed by atoms with Gasteiger partial charge in [-0.2, -0.15) is 0 Å². The molecular formula is C8H19NO4PZn+. The Kier molecular flexibility index (Phi) is 9.35. The molecule has 0 aliphatic carbocycles. The van der Waals surface area contributed by atoms with Crippen molar-refractivity contribution < 1.29 is 44.2 Å². The maximum absolute atomic E-state index is 11.4. The summed E-state index contributed by atoms with van der Waals surface area (Å²) in [6, 6.07) is 0. The summed E-state index contributed by atoms with van der Waals surface area (Å²) in [5.74, 6) is 0. The van der Waals surface area contributed by atoms with E-state index in [0.717, 1.165) is 0 Å². The van der Waals surface area contributed by atoms with Gasteiger partial charge in [0.15, 0.2) is 6.54 Å². The van der Waals surface area contributed by atoms with Gasteiger partial charge in [0.05, 0.1) is 35.5 Å². The molecule has 0 heterocycles. The number of hydrogen-bond donors (Lipinski definition) is 3. The molecule has 0 aromatic heterocycles. The van der Waals surface area contributed by atoms with E-state index in [1.165, 1.54) is 0 Å². The minimum Gasteiger partial charge on any atom is -0.628 e. The van der Waals surface area contributed by atoms with Crippen LogP contribution in [0.25, 0.3) is 0 Å². The molecule has 0 aliphatic heterocycles. The molecule has 3 N–H and O–H groups in total. The largest absolute Gasteiger partial charge is 0.628 e. The van der Waals surface area contributed by atoms with E-state index in [4.69, 9.17) is 10.2 Å². The number of aliphatic hydroxyl groups is 3. The predicted molar refractivity (Wildman–Crippen MR) is 54.7 cm³/mol. The first-order valence-corrected chi connectivity index (χ1v) is 5.79. The first kappa shape index (κ1) is 18.0. The van der Waals surface area contributed by atoms with Gasteiger partial charge in [0.1, 0.15) is 12.3 Å². The van der Waals surface area contributed by atoms with Gasteiger partial charge < -0.3 is 24.7 Å². The van der Waals surface area contributed by atoms with E-state index in [0.29, 0.717) is 4.48 Å². The molecule has 0 radical (unpaired) electrons. The topological polar surface area (TPSA) is 83.8 Å². The first-order chi connectivity index (χ1) is 6.26. The first-order valence-electron chi connectivity index (χ1n) is 4.35. The van der Waals surface area contributed by atoms with Crippen molar-refractivity contribution in [3.8, 4) is 0 Å². The molecule has 0 fully saturated rings. The van der Waals surface area contributed by atoms with Gasteiger partial charge in [-0.3, -0.25) is 0 Å². The molecule has 0 bridgehead atoms. The second-order valence-electron chi connectivity index (χ2n) is 4.26. The summed E-state index contributed by atoms with van der Waals surface area (Å²) in [7, 11) is 3.63. The average molecular weight is 290 g/mol. The number of likely N-dealkylation sites (N-methyl/N-ethyl adjacent to an activating group) is 1. The van der Waals surface area contributed by atoms with Crippen LogP contribution in [0.2, 0.25) is 0 Å². The molecular weight excluding hydrogens is 270 g/mol. The zero-order valence-electron chi connectivity index (χ0n) is 9.55. The molecule has 15 heavy (non-hydrogen) atoms. The quantitative estimate of drug-likeness (QED) is 0.320. The third-order valence-corrected chi connectivity index (χ3v) is 2.96. The van der Waals surface area contributed by atoms with Gasteiger partial charge in [-0.1, -0.05) is 0 Å². The Morgan fingerprint density at radius 1 is 1.40 bits per heavy atom. The van der Waals surface area contributed by atoms with Crippen molar-refractivity contribution in [2.24, 2.45) is 0 Å². The third-order valence-electron chi connectivity index (χ3n) is 1.49. The van der Waals surface area contributed by atoms with Crippen molar-refractivity contribution in [2.45, 2.75) is 6.10 Å². The Morgan fingerprint density at radius 2 is 1.87 bits per heavy atom. The van der Waals surface area contributed by atoms with E-state index >= 15 is 0 Å². The van der Waals surface area contributed by atoms with Gasteiger partial charge >= 0.3 is 0 Å². The van der Waals surface area contributed by atoms with Crippen molar-refractivity contribution in [3.05, 3.63) is 0 Å². The second kappa shape index (κ2) is 7.80. The maximum atomic E-state index is 11.4. The summed E-state index contributed by atoms with van der Waals surface area (Å²) in [6.07, 6.45) is -1.11. The van der Waals surface area contributed by atoms with Crippen molar-refractivity contribution >= 4 is 13.3 Å². The molecule has 86 valence electrons. The number of hydrogen-bond acceptors (Lipinski definition) is 3. The van der Waals surface area contributed by atoms with E-state index < -0.39 is 20.5 Å². The molecule has 2 atom stereocenters. The third kappa shape index (κ3) is 9.52. The van der Waals surface area contributed by atoms with Crippen LogP contribution in [-0.4, -0.2) is 71.8 Å². The van der Waals surface area contributed by atoms with E-state index in [-0.39, 0.29) is 37.7 Å². The fraction of sp³-hybridized carbons (Fsp3) is 0.875. The number of quaternary nitrogens is 1. The standard InChI is InChI=1S/C8H18NO4P.Zn/c1-9(2,3)4-8(12)14(13)6-7(11)5-10;/h7,10-11H,4-6H2,1-3H3;/p+1. The van der Waals surface area contributed by atoms with Gasteiger partial charge in [0.25, 0.3) is 5.48 Å². The van der Waals surface area contributed by atoms with Gasteiger partial charge in [-0.25, -0.2) is 0 Å². The van der Waals surface area contributed by atoms with Crippen molar-refractivity contribution in [2.75, 3.05) is 40.5 Å². The zero-order chi connectivity index (χ0) is 11.4. The summed E-state index contributed by atoms with van der Waals surface area (Å²) < 4.78 is 0.474. The fourth-order valence-electron chi connectivity index (χ4n) is 0.858. The SMILES string of the molecule is C[N+](C)(C)C/C(O)=[P+](\[O-])CC(O)CO.[Zn]. The van der Waals surface area contributed by atoms with Crippen molar-refractivity contribution in [1.29, 1.82) is 0 Å². The summed E-state index contributed by atoms with van der Waals surface area (Å²) >= 11 is 0. The predicted octanol–water partition coefficient (Wildman–Crippen LogP) is -1.70. The Hall–Kier alpha value is 0.593. The van der Waals surface area contributed by atoms with Crippen LogP contribution in [0, 0.1) is 0 Å². The molecule has 0 rings (SSSR count). The van der Waals surface area contributed by atoms with Crippen LogP contribution >= 0.6 is 7.77 Å². The number of aliphatic hydroxyl groups excluding tert-OH is 3. The molecule has 5 nitrogen and oxygen atoms in total. The summed E-state index contributed by atoms with van der Waals surface area (Å²) in [6.45, 7) is -0.147. The smallest absolute Gasteiger partial charge is 0.274 e. The molecule has 0 aliphatic rings. The van der Waals surface area contributed by atoms with Crippen LogP contribution in [0.5, 0.6) is 0 Å². The Bertz CT molecular complexity index is 217. The van der Waals surface area contributed by atoms with Gasteiger partial charge in [-0.05, 0) is 0 Å². The van der Waals surface area contributed by atoms with Crippen LogP contribution in [0.3, 0.4) is 0 Å². The normalized spacial score (nSPS) is 15.4. The van der Waals surface area contributed by atoms with Crippen molar-refractivity contribution in [3.63, 3.8) is 0 Å². The molecule has 0 amide bonds. The number of nitrogens with zero attached hydrogens (tertiary/aromatic N) is 1. The van der Waals surface area contributed by atoms with E-state index in [9.17, 15) is 10.00 Å². The maximum Gasteiger partial charge on any atom is 0.274 e. The summed E-state index contributed by atoms with van der Waals surface area (Å²) in [5.41, 5.74) is -0.111. The van der Waals surface area contributed by atoms with Gasteiger partial charge in [0, 0.05) is 19.5 Å². The Morgan fingerprint density at radius 3 is 2.20 bits per heavy atom. The molecule has 0 saturated carbocycles. The van der Waals surface area contributed by atoms with E-state index in [1.54, 1.807) is 0 Å². The minimum absolute atomic E-state index is 0. The van der Waals surface area contributed by atoms with E-state index in [1.807, 2.05) is 21.1 Å². The average Bonchev–Trinajstić information content (AvgIpc) is 2.00. The molecule has 0 saturated heterocycles. The van der Waals surface area contributed by atoms with Gasteiger partial charge in [-0.15, -0.1) is 0 Å². The van der Waals surface area contributed by atoms with Crippen LogP contribution < -0.4 is 4.89 Å². The minimum atomic E-state index is -1.95. The summed E-state index contributed by atoms with van der Waals surface area (Å²) in [5, 5.41) is 27.0. The number of rotatable bonds is 5. The molecule has 0 aromatic carbocycles. The second-order valence-corrected chi connectivity index (χ2v) is 5.90. The van der Waals surface area contributed by atoms with Crippen molar-refractivity contribution in [1.82, 2.24) is 0 Å². The molecule has 0 aromatic rings.